The maximum atomic E-state index is 12.3. The molecule has 1 N–H and O–H groups in total. The summed E-state index contributed by atoms with van der Waals surface area (Å²) >= 11 is 0. The molecule has 0 saturated heterocycles. The highest BCUT2D eigenvalue weighted by Crippen LogP contribution is 2.24. The van der Waals surface area contributed by atoms with Crippen molar-refractivity contribution in [3.63, 3.8) is 0 Å². The van der Waals surface area contributed by atoms with Crippen molar-refractivity contribution in [3.8, 4) is 0 Å². The Labute approximate surface area is 130 Å². The zero-order chi connectivity index (χ0) is 16.3. The Kier molecular flexibility index (Phi) is 4.85. The van der Waals surface area contributed by atoms with Gasteiger partial charge in [0.1, 0.15) is 6.54 Å². The second-order valence-electron chi connectivity index (χ2n) is 5.48. The van der Waals surface area contributed by atoms with Gasteiger partial charge in [0, 0.05) is 11.6 Å². The van der Waals surface area contributed by atoms with Gasteiger partial charge >= 0.3 is 0 Å². The zero-order valence-electron chi connectivity index (χ0n) is 12.7. The number of carbonyl (C=O) groups is 2. The maximum absolute atomic E-state index is 12.3. The van der Waals surface area contributed by atoms with Crippen LogP contribution >= 0.6 is 0 Å². The van der Waals surface area contributed by atoms with E-state index in [0.717, 1.165) is 12.8 Å². The van der Waals surface area contributed by atoms with Crippen molar-refractivity contribution >= 4 is 21.8 Å². The van der Waals surface area contributed by atoms with Gasteiger partial charge in [0.05, 0.1) is 5.75 Å². The van der Waals surface area contributed by atoms with Crippen molar-refractivity contribution in [1.29, 1.82) is 0 Å². The number of nitrogens with zero attached hydrogens (tertiary/aromatic N) is 1. The molecule has 0 aromatic heterocycles. The normalized spacial score (nSPS) is 17.7. The minimum Gasteiger partial charge on any atom is -0.352 e. The highest BCUT2D eigenvalue weighted by atomic mass is 32.2. The monoisotopic (exact) mass is 324 g/mol. The summed E-state index contributed by atoms with van der Waals surface area (Å²) < 4.78 is 25.1. The van der Waals surface area contributed by atoms with Crippen LogP contribution in [-0.4, -0.2) is 37.1 Å². The number of sulfonamides is 1. The molecule has 0 bridgehead atoms. The number of amides is 2. The summed E-state index contributed by atoms with van der Waals surface area (Å²) in [7, 11) is -3.81. The number of nitrogens with one attached hydrogen (secondary N) is 1. The molecule has 1 aliphatic rings. The summed E-state index contributed by atoms with van der Waals surface area (Å²) in [4.78, 5) is 24.3. The molecule has 1 atom stereocenters. The van der Waals surface area contributed by atoms with Crippen LogP contribution in [0.1, 0.15) is 42.6 Å². The highest BCUT2D eigenvalue weighted by Gasteiger charge is 2.36. The van der Waals surface area contributed by atoms with Crippen LogP contribution in [0.25, 0.3) is 0 Å². The van der Waals surface area contributed by atoms with Crippen LogP contribution < -0.4 is 5.32 Å². The molecule has 0 spiro atoms. The number of fused-ring (bicyclic) bond motifs is 1. The summed E-state index contributed by atoms with van der Waals surface area (Å²) in [5, 5.41) is 2.71. The van der Waals surface area contributed by atoms with Crippen molar-refractivity contribution in [1.82, 2.24) is 9.62 Å². The third-order valence-corrected chi connectivity index (χ3v) is 5.21. The molecule has 1 aromatic rings. The lowest BCUT2D eigenvalue weighted by Crippen LogP contribution is -2.48. The van der Waals surface area contributed by atoms with E-state index < -0.39 is 28.4 Å². The van der Waals surface area contributed by atoms with E-state index in [9.17, 15) is 18.0 Å². The molecule has 0 saturated carbocycles. The first kappa shape index (κ1) is 16.5. The van der Waals surface area contributed by atoms with Crippen LogP contribution in [0.2, 0.25) is 0 Å². The van der Waals surface area contributed by atoms with Gasteiger partial charge in [-0.1, -0.05) is 31.5 Å². The second kappa shape index (κ2) is 6.48. The first-order valence-electron chi connectivity index (χ1n) is 7.27. The average molecular weight is 324 g/mol. The standard InChI is InChI=1S/C15H20N2O4S/c1-3-6-11(2)16-14(18)9-17-15(19)13-8-5-4-7-12(13)10-22(17,20)21/h4-5,7-8,11H,3,6,9-10H2,1-2H3,(H,16,18)/t11-/m0/s1. The molecular formula is C15H20N2O4S. The minimum absolute atomic E-state index is 0.0487. The molecule has 1 aromatic carbocycles. The zero-order valence-corrected chi connectivity index (χ0v) is 13.5. The van der Waals surface area contributed by atoms with Gasteiger partial charge in [0.2, 0.25) is 15.9 Å². The third-order valence-electron chi connectivity index (χ3n) is 3.56. The summed E-state index contributed by atoms with van der Waals surface area (Å²) in [5.41, 5.74) is 0.815. The third kappa shape index (κ3) is 3.47. The first-order valence-corrected chi connectivity index (χ1v) is 8.88. The predicted octanol–water partition coefficient (Wildman–Crippen LogP) is 1.28. The van der Waals surface area contributed by atoms with Gasteiger partial charge in [-0.25, -0.2) is 12.7 Å². The van der Waals surface area contributed by atoms with Gasteiger partial charge in [-0.3, -0.25) is 9.59 Å². The first-order chi connectivity index (χ1) is 10.3. The van der Waals surface area contributed by atoms with Crippen LogP contribution in [0.5, 0.6) is 0 Å². The molecule has 1 heterocycles. The van der Waals surface area contributed by atoms with E-state index in [1.54, 1.807) is 24.3 Å². The van der Waals surface area contributed by atoms with Crippen LogP contribution in [0.4, 0.5) is 0 Å². The molecular weight excluding hydrogens is 304 g/mol. The quantitative estimate of drug-likeness (QED) is 0.884. The van der Waals surface area contributed by atoms with Gasteiger partial charge in [-0.05, 0) is 25.0 Å². The fourth-order valence-electron chi connectivity index (χ4n) is 2.52. The SMILES string of the molecule is CCC[C@H](C)NC(=O)CN1C(=O)c2ccccc2CS1(=O)=O. The molecule has 0 unspecified atom stereocenters. The number of hydrogen-bond acceptors (Lipinski definition) is 4. The summed E-state index contributed by atoms with van der Waals surface area (Å²) in [6.45, 7) is 3.38. The Bertz CT molecular complexity index is 685. The molecule has 2 amide bonds. The van der Waals surface area contributed by atoms with Gasteiger partial charge in [0.25, 0.3) is 5.91 Å². The smallest absolute Gasteiger partial charge is 0.268 e. The molecule has 120 valence electrons. The highest BCUT2D eigenvalue weighted by molar-refractivity contribution is 7.89. The van der Waals surface area contributed by atoms with Gasteiger partial charge in [-0.2, -0.15) is 0 Å². The van der Waals surface area contributed by atoms with Gasteiger partial charge in [0.15, 0.2) is 0 Å². The average Bonchev–Trinajstić information content (AvgIpc) is 2.43. The number of rotatable bonds is 5. The topological polar surface area (TPSA) is 83.6 Å². The molecule has 0 fully saturated rings. The van der Waals surface area contributed by atoms with E-state index in [1.165, 1.54) is 0 Å². The predicted molar refractivity (Wildman–Crippen MR) is 82.6 cm³/mol. The van der Waals surface area contributed by atoms with Crippen LogP contribution in [0, 0.1) is 0 Å². The lowest BCUT2D eigenvalue weighted by Gasteiger charge is -2.28. The number of hydrogen-bond donors (Lipinski definition) is 1. The summed E-state index contributed by atoms with van der Waals surface area (Å²) in [5.74, 6) is -1.36. The van der Waals surface area contributed by atoms with Gasteiger partial charge < -0.3 is 5.32 Å². The lowest BCUT2D eigenvalue weighted by atomic mass is 10.1. The van der Waals surface area contributed by atoms with Crippen molar-refractivity contribution < 1.29 is 18.0 Å². The van der Waals surface area contributed by atoms with Crippen LogP contribution in [-0.2, 0) is 20.6 Å². The van der Waals surface area contributed by atoms with Crippen molar-refractivity contribution in [2.45, 2.75) is 38.5 Å². The number of carbonyl (C=O) groups excluding carboxylic acids is 2. The molecule has 2 rings (SSSR count). The molecule has 6 nitrogen and oxygen atoms in total. The molecule has 7 heteroatoms. The molecule has 1 aliphatic heterocycles. The fraction of sp³-hybridized carbons (Fsp3) is 0.467. The van der Waals surface area contributed by atoms with Crippen molar-refractivity contribution in [2.24, 2.45) is 0 Å². The van der Waals surface area contributed by atoms with Crippen LogP contribution in [0.15, 0.2) is 24.3 Å². The Morgan fingerprint density at radius 2 is 2.05 bits per heavy atom. The van der Waals surface area contributed by atoms with E-state index in [1.807, 2.05) is 13.8 Å². The largest absolute Gasteiger partial charge is 0.352 e. The molecule has 0 radical (unpaired) electrons. The Morgan fingerprint density at radius 3 is 2.73 bits per heavy atom. The molecule has 0 aliphatic carbocycles. The van der Waals surface area contributed by atoms with Gasteiger partial charge in [-0.15, -0.1) is 0 Å². The van der Waals surface area contributed by atoms with E-state index in [-0.39, 0.29) is 11.8 Å². The lowest BCUT2D eigenvalue weighted by molar-refractivity contribution is -0.121. The minimum atomic E-state index is -3.81. The van der Waals surface area contributed by atoms with E-state index in [4.69, 9.17) is 0 Å². The maximum Gasteiger partial charge on any atom is 0.268 e. The molecule has 22 heavy (non-hydrogen) atoms. The van der Waals surface area contributed by atoms with E-state index in [2.05, 4.69) is 5.32 Å². The second-order valence-corrected chi connectivity index (χ2v) is 7.38. The Hall–Kier alpha value is -1.89. The van der Waals surface area contributed by atoms with E-state index in [0.29, 0.717) is 15.4 Å². The fourth-order valence-corrected chi connectivity index (χ4v) is 3.98. The Morgan fingerprint density at radius 1 is 1.36 bits per heavy atom. The van der Waals surface area contributed by atoms with Crippen molar-refractivity contribution in [2.75, 3.05) is 6.54 Å². The summed E-state index contributed by atoms with van der Waals surface area (Å²) in [6, 6.07) is 6.52. The Balaban J connectivity index is 2.17. The number of benzene rings is 1. The van der Waals surface area contributed by atoms with Crippen molar-refractivity contribution in [3.05, 3.63) is 35.4 Å². The van der Waals surface area contributed by atoms with E-state index >= 15 is 0 Å². The summed E-state index contributed by atoms with van der Waals surface area (Å²) in [6.07, 6.45) is 1.71. The van der Waals surface area contributed by atoms with Crippen LogP contribution in [0.3, 0.4) is 0 Å².